The van der Waals surface area contributed by atoms with Gasteiger partial charge in [0, 0.05) is 30.4 Å². The van der Waals surface area contributed by atoms with Gasteiger partial charge in [-0.1, -0.05) is 23.7 Å². The van der Waals surface area contributed by atoms with Gasteiger partial charge in [0.2, 0.25) is 5.43 Å². The zero-order chi connectivity index (χ0) is 22.0. The summed E-state index contributed by atoms with van der Waals surface area (Å²) in [5.74, 6) is -2.53. The summed E-state index contributed by atoms with van der Waals surface area (Å²) in [5, 5.41) is 16.5. The first-order chi connectivity index (χ1) is 14.8. The molecule has 8 nitrogen and oxygen atoms in total. The SMILES string of the molecule is CC1CN2C(=O)c3c(O)c(=O)c(C(=O)NCc4cccc(Cl)c4F)c4n3C(CC4)C2N1. The minimum absolute atomic E-state index is 0.0629. The number of benzene rings is 1. The molecule has 0 saturated carbocycles. The summed E-state index contributed by atoms with van der Waals surface area (Å²) in [6.45, 7) is 2.27. The van der Waals surface area contributed by atoms with Crippen LogP contribution in [0.1, 0.15) is 51.5 Å². The Hall–Kier alpha value is -2.91. The number of fused-ring (bicyclic) bond motifs is 2. The van der Waals surface area contributed by atoms with Crippen LogP contribution in [0.25, 0.3) is 0 Å². The van der Waals surface area contributed by atoms with Crippen molar-refractivity contribution in [3.8, 4) is 5.75 Å². The van der Waals surface area contributed by atoms with Crippen molar-refractivity contribution in [1.82, 2.24) is 20.1 Å². The molecule has 0 spiro atoms. The molecule has 2 amide bonds. The molecule has 162 valence electrons. The van der Waals surface area contributed by atoms with Gasteiger partial charge in [0.05, 0.1) is 11.1 Å². The third-order valence-corrected chi connectivity index (χ3v) is 6.57. The lowest BCUT2D eigenvalue weighted by atomic mass is 10.1. The van der Waals surface area contributed by atoms with Gasteiger partial charge in [-0.25, -0.2) is 4.39 Å². The van der Waals surface area contributed by atoms with Crippen molar-refractivity contribution in [2.45, 2.75) is 44.6 Å². The van der Waals surface area contributed by atoms with Crippen molar-refractivity contribution in [1.29, 1.82) is 0 Å². The van der Waals surface area contributed by atoms with E-state index in [9.17, 15) is 23.9 Å². The minimum Gasteiger partial charge on any atom is -0.503 e. The number of pyridine rings is 1. The average Bonchev–Trinajstić information content (AvgIpc) is 3.33. The van der Waals surface area contributed by atoms with Crippen molar-refractivity contribution in [3.63, 3.8) is 0 Å². The second kappa shape index (κ2) is 7.06. The van der Waals surface area contributed by atoms with Crippen LogP contribution in [0.15, 0.2) is 23.0 Å². The van der Waals surface area contributed by atoms with E-state index in [-0.39, 0.29) is 46.6 Å². The Labute approximate surface area is 181 Å². The van der Waals surface area contributed by atoms with Gasteiger partial charge < -0.3 is 19.9 Å². The molecular formula is C21H20ClFN4O4. The molecule has 1 aromatic carbocycles. The largest absolute Gasteiger partial charge is 0.503 e. The molecule has 1 saturated heterocycles. The fourth-order valence-electron chi connectivity index (χ4n) is 4.94. The molecular weight excluding hydrogens is 427 g/mol. The molecule has 3 atom stereocenters. The summed E-state index contributed by atoms with van der Waals surface area (Å²) >= 11 is 5.78. The first kappa shape index (κ1) is 20.0. The Morgan fingerprint density at radius 2 is 2.16 bits per heavy atom. The number of rotatable bonds is 3. The number of hydrogen-bond donors (Lipinski definition) is 3. The van der Waals surface area contributed by atoms with Gasteiger partial charge in [0.15, 0.2) is 11.4 Å². The quantitative estimate of drug-likeness (QED) is 0.663. The highest BCUT2D eigenvalue weighted by Crippen LogP contribution is 2.41. The Bertz CT molecular complexity index is 1200. The van der Waals surface area contributed by atoms with Gasteiger partial charge in [-0.2, -0.15) is 0 Å². The number of nitrogens with one attached hydrogen (secondary N) is 2. The van der Waals surface area contributed by atoms with Crippen LogP contribution >= 0.6 is 11.6 Å². The molecule has 3 aliphatic rings. The number of aromatic nitrogens is 1. The average molecular weight is 447 g/mol. The number of hydrogen-bond acceptors (Lipinski definition) is 5. The van der Waals surface area contributed by atoms with Gasteiger partial charge in [0.1, 0.15) is 17.5 Å². The normalized spacial score (nSPS) is 23.6. The third-order valence-electron chi connectivity index (χ3n) is 6.28. The summed E-state index contributed by atoms with van der Waals surface area (Å²) in [6, 6.07) is 4.33. The number of halogens is 2. The van der Waals surface area contributed by atoms with Crippen LogP contribution in [-0.4, -0.2) is 45.1 Å². The van der Waals surface area contributed by atoms with Gasteiger partial charge in [-0.05, 0) is 25.8 Å². The van der Waals surface area contributed by atoms with Crippen molar-refractivity contribution in [2.75, 3.05) is 6.54 Å². The van der Waals surface area contributed by atoms with Crippen molar-refractivity contribution >= 4 is 23.4 Å². The van der Waals surface area contributed by atoms with E-state index in [2.05, 4.69) is 10.6 Å². The van der Waals surface area contributed by atoms with E-state index in [4.69, 9.17) is 11.6 Å². The Morgan fingerprint density at radius 3 is 2.94 bits per heavy atom. The summed E-state index contributed by atoms with van der Waals surface area (Å²) in [4.78, 5) is 40.5. The first-order valence-electron chi connectivity index (χ1n) is 10.1. The zero-order valence-electron chi connectivity index (χ0n) is 16.6. The van der Waals surface area contributed by atoms with E-state index in [1.807, 2.05) is 6.92 Å². The molecule has 31 heavy (non-hydrogen) atoms. The van der Waals surface area contributed by atoms with Gasteiger partial charge >= 0.3 is 0 Å². The van der Waals surface area contributed by atoms with Crippen molar-refractivity contribution in [2.24, 2.45) is 0 Å². The zero-order valence-corrected chi connectivity index (χ0v) is 17.4. The van der Waals surface area contributed by atoms with Crippen LogP contribution in [-0.2, 0) is 13.0 Å². The van der Waals surface area contributed by atoms with Crippen molar-refractivity contribution < 1.29 is 19.1 Å². The predicted molar refractivity (Wildman–Crippen MR) is 110 cm³/mol. The van der Waals surface area contributed by atoms with Gasteiger partial charge in [-0.15, -0.1) is 0 Å². The van der Waals surface area contributed by atoms with Crippen LogP contribution in [0.4, 0.5) is 4.39 Å². The topological polar surface area (TPSA) is 104 Å². The molecule has 2 aromatic rings. The van der Waals surface area contributed by atoms with E-state index < -0.39 is 28.8 Å². The fraction of sp³-hybridized carbons (Fsp3) is 0.381. The molecule has 10 heteroatoms. The summed E-state index contributed by atoms with van der Waals surface area (Å²) in [6.07, 6.45) is 0.775. The number of carbonyl (C=O) groups is 2. The van der Waals surface area contributed by atoms with Crippen LogP contribution in [0.2, 0.25) is 5.02 Å². The highest BCUT2D eigenvalue weighted by atomic mass is 35.5. The van der Waals surface area contributed by atoms with Crippen molar-refractivity contribution in [3.05, 3.63) is 61.8 Å². The maximum absolute atomic E-state index is 14.1. The van der Waals surface area contributed by atoms with E-state index in [1.165, 1.54) is 12.1 Å². The first-order valence-corrected chi connectivity index (χ1v) is 10.5. The molecule has 4 heterocycles. The second-order valence-corrected chi connectivity index (χ2v) is 8.60. The predicted octanol–water partition coefficient (Wildman–Crippen LogP) is 1.54. The fourth-order valence-corrected chi connectivity index (χ4v) is 5.14. The monoisotopic (exact) mass is 446 g/mol. The molecule has 0 aliphatic carbocycles. The number of carbonyl (C=O) groups excluding carboxylic acids is 2. The van der Waals surface area contributed by atoms with Crippen LogP contribution in [0, 0.1) is 5.82 Å². The highest BCUT2D eigenvalue weighted by Gasteiger charge is 2.49. The maximum atomic E-state index is 14.1. The molecule has 1 fully saturated rings. The summed E-state index contributed by atoms with van der Waals surface area (Å²) < 4.78 is 15.8. The number of amides is 2. The minimum atomic E-state index is -0.891. The van der Waals surface area contributed by atoms with Gasteiger partial charge in [0.25, 0.3) is 11.8 Å². The van der Waals surface area contributed by atoms with E-state index in [0.717, 1.165) is 0 Å². The Kier molecular flexibility index (Phi) is 4.56. The molecule has 3 unspecified atom stereocenters. The van der Waals surface area contributed by atoms with E-state index in [0.29, 0.717) is 25.1 Å². The highest BCUT2D eigenvalue weighted by molar-refractivity contribution is 6.30. The number of nitrogens with zero attached hydrogens (tertiary/aromatic N) is 2. The van der Waals surface area contributed by atoms with E-state index in [1.54, 1.807) is 15.5 Å². The maximum Gasteiger partial charge on any atom is 0.275 e. The number of aromatic hydroxyl groups is 1. The third kappa shape index (κ3) is 2.87. The molecule has 3 aliphatic heterocycles. The standard InChI is InChI=1S/C21H20ClFN4O4/c1-9-8-26-19(25-9)13-6-5-12-14(17(28)18(29)16(21(26)31)27(12)13)20(30)24-7-10-3-2-4-11(22)15(10)23/h2-4,9,13,19,25,29H,5-8H2,1H3,(H,24,30). The van der Waals surface area contributed by atoms with Crippen LogP contribution in [0.5, 0.6) is 5.75 Å². The second-order valence-electron chi connectivity index (χ2n) is 8.19. The van der Waals surface area contributed by atoms with Gasteiger partial charge in [-0.3, -0.25) is 19.7 Å². The van der Waals surface area contributed by atoms with Crippen LogP contribution < -0.4 is 16.1 Å². The lowest BCUT2D eigenvalue weighted by molar-refractivity contribution is 0.0591. The molecule has 0 radical (unpaired) electrons. The molecule has 3 N–H and O–H groups in total. The Balaban J connectivity index is 1.54. The molecule has 0 bridgehead atoms. The molecule has 5 rings (SSSR count). The molecule has 1 aromatic heterocycles. The lowest BCUT2D eigenvalue weighted by Crippen LogP contribution is -2.51. The Morgan fingerprint density at radius 1 is 1.39 bits per heavy atom. The van der Waals surface area contributed by atoms with E-state index >= 15 is 0 Å². The van der Waals surface area contributed by atoms with Crippen LogP contribution in [0.3, 0.4) is 0 Å². The smallest absolute Gasteiger partial charge is 0.275 e. The summed E-state index contributed by atoms with van der Waals surface area (Å²) in [5.41, 5.74) is -0.572. The lowest BCUT2D eigenvalue weighted by Gasteiger charge is -2.37. The summed E-state index contributed by atoms with van der Waals surface area (Å²) in [7, 11) is 0.